The number of likely N-dealkylation sites (tertiary alicyclic amines) is 1. The Balaban J connectivity index is 1.72. The van der Waals surface area contributed by atoms with Crippen molar-refractivity contribution < 1.29 is 18.3 Å². The van der Waals surface area contributed by atoms with E-state index in [1.807, 2.05) is 9.80 Å². The van der Waals surface area contributed by atoms with Gasteiger partial charge in [0.2, 0.25) is 5.91 Å². The number of rotatable bonds is 2. The second kappa shape index (κ2) is 5.83. The fourth-order valence-electron chi connectivity index (χ4n) is 3.67. The van der Waals surface area contributed by atoms with Gasteiger partial charge in [0, 0.05) is 26.2 Å². The lowest BCUT2D eigenvalue weighted by Crippen LogP contribution is -2.55. The van der Waals surface area contributed by atoms with E-state index in [0.29, 0.717) is 19.6 Å². The number of aliphatic hydroxyl groups is 1. The van der Waals surface area contributed by atoms with E-state index in [2.05, 4.69) is 5.32 Å². The smallest absolute Gasteiger partial charge is 0.240 e. The molecule has 0 bridgehead atoms. The van der Waals surface area contributed by atoms with E-state index in [1.54, 1.807) is 0 Å². The lowest BCUT2D eigenvalue weighted by atomic mass is 10.1. The van der Waals surface area contributed by atoms with Crippen LogP contribution < -0.4 is 5.32 Å². The monoisotopic (exact) mass is 317 g/mol. The predicted octanol–water partition coefficient (Wildman–Crippen LogP) is -1.96. The highest BCUT2D eigenvalue weighted by molar-refractivity contribution is 7.91. The van der Waals surface area contributed by atoms with Crippen LogP contribution in [0.15, 0.2) is 0 Å². The molecule has 1 amide bonds. The van der Waals surface area contributed by atoms with Crippen LogP contribution in [0.25, 0.3) is 0 Å². The highest BCUT2D eigenvalue weighted by Crippen LogP contribution is 2.28. The number of aliphatic hydroxyl groups excluding tert-OH is 1. The molecule has 0 saturated carbocycles. The zero-order chi connectivity index (χ0) is 15.0. The Hall–Kier alpha value is -0.700. The van der Waals surface area contributed by atoms with Gasteiger partial charge in [-0.3, -0.25) is 9.69 Å². The third kappa shape index (κ3) is 3.08. The molecule has 0 spiro atoms. The standard InChI is InChI=1S/C13H23N3O4S/c17-12-9-21(19,20)8-11(12)16-5-1-2-10(16)13(18)15-6-3-14-4-7-15/h10-12,14,17H,1-9H2. The SMILES string of the molecule is O=C(C1CCCN1C1CS(=O)(=O)CC1O)N1CCNCC1. The van der Waals surface area contributed by atoms with Crippen LogP contribution in [0, 0.1) is 0 Å². The van der Waals surface area contributed by atoms with Crippen molar-refractivity contribution in [3.05, 3.63) is 0 Å². The minimum absolute atomic E-state index is 0.0283. The molecule has 3 aliphatic rings. The van der Waals surface area contributed by atoms with Crippen molar-refractivity contribution in [2.24, 2.45) is 0 Å². The average molecular weight is 317 g/mol. The summed E-state index contributed by atoms with van der Waals surface area (Å²) in [6, 6.07) is -0.689. The van der Waals surface area contributed by atoms with Gasteiger partial charge in [-0.2, -0.15) is 0 Å². The molecule has 0 aromatic heterocycles. The molecule has 0 aromatic carbocycles. The first-order chi connectivity index (χ1) is 9.98. The van der Waals surface area contributed by atoms with Crippen LogP contribution in [0.2, 0.25) is 0 Å². The van der Waals surface area contributed by atoms with Crippen LogP contribution in [-0.2, 0) is 14.6 Å². The molecule has 3 fully saturated rings. The van der Waals surface area contributed by atoms with Crippen LogP contribution in [0.1, 0.15) is 12.8 Å². The van der Waals surface area contributed by atoms with Gasteiger partial charge in [-0.1, -0.05) is 0 Å². The Morgan fingerprint density at radius 3 is 2.48 bits per heavy atom. The van der Waals surface area contributed by atoms with Crippen LogP contribution in [0.4, 0.5) is 0 Å². The number of sulfone groups is 1. The highest BCUT2D eigenvalue weighted by Gasteiger charge is 2.46. The van der Waals surface area contributed by atoms with E-state index in [4.69, 9.17) is 0 Å². The first-order valence-electron chi connectivity index (χ1n) is 7.62. The van der Waals surface area contributed by atoms with Gasteiger partial charge in [-0.25, -0.2) is 8.42 Å². The minimum Gasteiger partial charge on any atom is -0.390 e. The van der Waals surface area contributed by atoms with Gasteiger partial charge in [0.1, 0.15) is 0 Å². The molecule has 3 unspecified atom stereocenters. The van der Waals surface area contributed by atoms with E-state index in [-0.39, 0.29) is 23.5 Å². The minimum atomic E-state index is -3.18. The summed E-state index contributed by atoms with van der Waals surface area (Å²) in [6.45, 7) is 3.71. The molecule has 3 heterocycles. The zero-order valence-electron chi connectivity index (χ0n) is 12.1. The third-order valence-corrected chi connectivity index (χ3v) is 6.43. The van der Waals surface area contributed by atoms with Gasteiger partial charge in [0.25, 0.3) is 0 Å². The fraction of sp³-hybridized carbons (Fsp3) is 0.923. The molecular formula is C13H23N3O4S. The van der Waals surface area contributed by atoms with Crippen molar-refractivity contribution in [1.82, 2.24) is 15.1 Å². The van der Waals surface area contributed by atoms with E-state index >= 15 is 0 Å². The maximum Gasteiger partial charge on any atom is 0.240 e. The second-order valence-electron chi connectivity index (χ2n) is 6.18. The largest absolute Gasteiger partial charge is 0.390 e. The van der Waals surface area contributed by atoms with Gasteiger partial charge in [0.15, 0.2) is 9.84 Å². The molecule has 3 atom stereocenters. The topological polar surface area (TPSA) is 90.0 Å². The van der Waals surface area contributed by atoms with Gasteiger partial charge in [0.05, 0.1) is 29.7 Å². The van der Waals surface area contributed by atoms with E-state index in [9.17, 15) is 18.3 Å². The predicted molar refractivity (Wildman–Crippen MR) is 77.6 cm³/mol. The average Bonchev–Trinajstić information content (AvgIpc) is 3.02. The number of nitrogens with one attached hydrogen (secondary N) is 1. The summed E-state index contributed by atoms with van der Waals surface area (Å²) in [7, 11) is -3.18. The highest BCUT2D eigenvalue weighted by atomic mass is 32.2. The molecule has 21 heavy (non-hydrogen) atoms. The number of carbonyl (C=O) groups is 1. The van der Waals surface area contributed by atoms with Crippen LogP contribution in [0.3, 0.4) is 0 Å². The Labute approximate surface area is 125 Å². The first-order valence-corrected chi connectivity index (χ1v) is 9.44. The van der Waals surface area contributed by atoms with Gasteiger partial charge >= 0.3 is 0 Å². The number of piperazine rings is 1. The van der Waals surface area contributed by atoms with E-state index < -0.39 is 22.0 Å². The lowest BCUT2D eigenvalue weighted by molar-refractivity contribution is -0.137. The molecular weight excluding hydrogens is 294 g/mol. The summed E-state index contributed by atoms with van der Waals surface area (Å²) in [5.74, 6) is -0.118. The molecule has 0 aromatic rings. The quantitative estimate of drug-likeness (QED) is 0.615. The number of nitrogens with zero attached hydrogens (tertiary/aromatic N) is 2. The Bertz CT molecular complexity index is 504. The maximum absolute atomic E-state index is 12.7. The number of hydrogen-bond donors (Lipinski definition) is 2. The molecule has 8 heteroatoms. The maximum atomic E-state index is 12.7. The lowest BCUT2D eigenvalue weighted by Gasteiger charge is -2.35. The van der Waals surface area contributed by atoms with Crippen molar-refractivity contribution in [3.8, 4) is 0 Å². The molecule has 7 nitrogen and oxygen atoms in total. The van der Waals surface area contributed by atoms with Crippen molar-refractivity contribution in [1.29, 1.82) is 0 Å². The Kier molecular flexibility index (Phi) is 4.22. The summed E-state index contributed by atoms with van der Waals surface area (Å²) in [4.78, 5) is 16.4. The van der Waals surface area contributed by atoms with E-state index in [0.717, 1.165) is 25.9 Å². The van der Waals surface area contributed by atoms with Crippen molar-refractivity contribution in [2.75, 3.05) is 44.2 Å². The van der Waals surface area contributed by atoms with Crippen LogP contribution >= 0.6 is 0 Å². The summed E-state index contributed by atoms with van der Waals surface area (Å²) in [5, 5.41) is 13.3. The number of hydrogen-bond acceptors (Lipinski definition) is 6. The summed E-state index contributed by atoms with van der Waals surface area (Å²) < 4.78 is 23.4. The summed E-state index contributed by atoms with van der Waals surface area (Å²) in [6.07, 6.45) is 0.768. The normalized spacial score (nSPS) is 37.0. The first kappa shape index (κ1) is 15.2. The van der Waals surface area contributed by atoms with E-state index in [1.165, 1.54) is 0 Å². The number of carbonyl (C=O) groups excluding carboxylic acids is 1. The van der Waals surface area contributed by atoms with Crippen molar-refractivity contribution in [3.63, 3.8) is 0 Å². The fourth-order valence-corrected chi connectivity index (χ4v) is 5.49. The zero-order valence-corrected chi connectivity index (χ0v) is 12.9. The van der Waals surface area contributed by atoms with Crippen LogP contribution in [0.5, 0.6) is 0 Å². The van der Waals surface area contributed by atoms with Crippen molar-refractivity contribution >= 4 is 15.7 Å². The third-order valence-electron chi connectivity index (χ3n) is 4.73. The Morgan fingerprint density at radius 2 is 1.86 bits per heavy atom. The molecule has 3 rings (SSSR count). The van der Waals surface area contributed by atoms with Crippen molar-refractivity contribution in [2.45, 2.75) is 31.0 Å². The van der Waals surface area contributed by atoms with Gasteiger partial charge in [-0.15, -0.1) is 0 Å². The second-order valence-corrected chi connectivity index (χ2v) is 8.34. The Morgan fingerprint density at radius 1 is 1.14 bits per heavy atom. The molecule has 120 valence electrons. The summed E-state index contributed by atoms with van der Waals surface area (Å²) >= 11 is 0. The molecule has 3 saturated heterocycles. The molecule has 0 aliphatic carbocycles. The van der Waals surface area contributed by atoms with Gasteiger partial charge in [-0.05, 0) is 19.4 Å². The van der Waals surface area contributed by atoms with Crippen LogP contribution in [-0.4, -0.2) is 91.6 Å². The summed E-state index contributed by atoms with van der Waals surface area (Å²) in [5.41, 5.74) is 0. The molecule has 0 radical (unpaired) electrons. The molecule has 3 aliphatic heterocycles. The number of amides is 1. The molecule has 2 N–H and O–H groups in total. The van der Waals surface area contributed by atoms with Gasteiger partial charge < -0.3 is 15.3 Å².